The third kappa shape index (κ3) is 2.82. The van der Waals surface area contributed by atoms with Crippen LogP contribution < -0.4 is 4.74 Å². The van der Waals surface area contributed by atoms with E-state index in [4.69, 9.17) is 14.3 Å². The molecule has 13 heavy (non-hydrogen) atoms. The monoisotopic (exact) mass is 184 g/mol. The summed E-state index contributed by atoms with van der Waals surface area (Å²) in [6.45, 7) is 5.57. The van der Waals surface area contributed by atoms with Gasteiger partial charge in [0, 0.05) is 6.07 Å². The number of furan rings is 1. The fraction of sp³-hybridized carbons (Fsp3) is 0.444. The highest BCUT2D eigenvalue weighted by molar-refractivity contribution is 5.84. The van der Waals surface area contributed by atoms with Crippen LogP contribution in [0.15, 0.2) is 16.5 Å². The van der Waals surface area contributed by atoms with Gasteiger partial charge in [0.1, 0.15) is 5.60 Å². The minimum atomic E-state index is -1.09. The Balaban J connectivity index is 2.75. The Morgan fingerprint density at radius 2 is 2.08 bits per heavy atom. The maximum atomic E-state index is 10.4. The van der Waals surface area contributed by atoms with Crippen molar-refractivity contribution in [1.82, 2.24) is 0 Å². The van der Waals surface area contributed by atoms with Crippen LogP contribution in [-0.4, -0.2) is 16.7 Å². The Morgan fingerprint density at radius 3 is 2.46 bits per heavy atom. The highest BCUT2D eigenvalue weighted by Crippen LogP contribution is 2.20. The Labute approximate surface area is 76.1 Å². The van der Waals surface area contributed by atoms with Crippen molar-refractivity contribution in [3.05, 3.63) is 17.9 Å². The molecule has 1 heterocycles. The van der Waals surface area contributed by atoms with Gasteiger partial charge in [-0.25, -0.2) is 4.79 Å². The van der Waals surface area contributed by atoms with Gasteiger partial charge in [0.2, 0.25) is 5.76 Å². The Morgan fingerprint density at radius 1 is 1.46 bits per heavy atom. The first-order chi connectivity index (χ1) is 5.88. The van der Waals surface area contributed by atoms with Gasteiger partial charge >= 0.3 is 5.97 Å². The van der Waals surface area contributed by atoms with Gasteiger partial charge in [0.25, 0.3) is 5.95 Å². The summed E-state index contributed by atoms with van der Waals surface area (Å²) in [6.07, 6.45) is 0. The Bertz CT molecular complexity index is 306. The molecule has 0 saturated heterocycles. The number of hydrogen-bond donors (Lipinski definition) is 1. The predicted molar refractivity (Wildman–Crippen MR) is 46.0 cm³/mol. The molecule has 4 heteroatoms. The molecule has 0 fully saturated rings. The van der Waals surface area contributed by atoms with Gasteiger partial charge in [0.05, 0.1) is 0 Å². The molecule has 72 valence electrons. The first-order valence-electron chi connectivity index (χ1n) is 3.90. The van der Waals surface area contributed by atoms with Crippen LogP contribution in [0.25, 0.3) is 0 Å². The van der Waals surface area contributed by atoms with Crippen molar-refractivity contribution in [2.24, 2.45) is 0 Å². The van der Waals surface area contributed by atoms with Crippen LogP contribution in [0.3, 0.4) is 0 Å². The molecule has 0 aromatic carbocycles. The lowest BCUT2D eigenvalue weighted by atomic mass is 10.2. The summed E-state index contributed by atoms with van der Waals surface area (Å²) in [7, 11) is 0. The standard InChI is InChI=1S/C9H12O4/c1-9(2,3)13-7-5-4-6(12-7)8(10)11/h4-5H,1-3H3,(H,10,11). The number of ether oxygens (including phenoxy) is 1. The molecule has 0 spiro atoms. The van der Waals surface area contributed by atoms with Gasteiger partial charge in [-0.2, -0.15) is 0 Å². The third-order valence-electron chi connectivity index (χ3n) is 1.20. The van der Waals surface area contributed by atoms with Crippen molar-refractivity contribution < 1.29 is 19.1 Å². The molecule has 0 amide bonds. The van der Waals surface area contributed by atoms with Crippen molar-refractivity contribution in [3.8, 4) is 5.95 Å². The zero-order chi connectivity index (χ0) is 10.1. The summed E-state index contributed by atoms with van der Waals surface area (Å²) >= 11 is 0. The number of hydrogen-bond acceptors (Lipinski definition) is 3. The molecule has 4 nitrogen and oxygen atoms in total. The average molecular weight is 184 g/mol. The summed E-state index contributed by atoms with van der Waals surface area (Å²) in [5.41, 5.74) is -0.381. The van der Waals surface area contributed by atoms with E-state index in [0.29, 0.717) is 0 Å². The summed E-state index contributed by atoms with van der Waals surface area (Å²) in [5.74, 6) is -0.979. The molecule has 0 aliphatic heterocycles. The zero-order valence-corrected chi connectivity index (χ0v) is 7.83. The van der Waals surface area contributed by atoms with Crippen LogP contribution in [0.5, 0.6) is 5.95 Å². The Hall–Kier alpha value is -1.45. The number of carboxylic acids is 1. The normalized spacial score (nSPS) is 11.3. The minimum Gasteiger partial charge on any atom is -0.475 e. The molecule has 0 unspecified atom stereocenters. The first kappa shape index (κ1) is 9.64. The fourth-order valence-electron chi connectivity index (χ4n) is 0.792. The largest absolute Gasteiger partial charge is 0.475 e. The van der Waals surface area contributed by atoms with Crippen LogP contribution >= 0.6 is 0 Å². The van der Waals surface area contributed by atoms with Gasteiger partial charge in [-0.1, -0.05) is 0 Å². The molecule has 1 rings (SSSR count). The average Bonchev–Trinajstić information content (AvgIpc) is 2.31. The van der Waals surface area contributed by atoms with Crippen molar-refractivity contribution in [2.75, 3.05) is 0 Å². The second kappa shape index (κ2) is 3.12. The van der Waals surface area contributed by atoms with Gasteiger partial charge in [-0.3, -0.25) is 0 Å². The highest BCUT2D eigenvalue weighted by Gasteiger charge is 2.16. The van der Waals surface area contributed by atoms with Crippen LogP contribution in [0, 0.1) is 0 Å². The van der Waals surface area contributed by atoms with E-state index in [-0.39, 0.29) is 17.3 Å². The third-order valence-corrected chi connectivity index (χ3v) is 1.20. The highest BCUT2D eigenvalue weighted by atomic mass is 16.6. The molecular formula is C9H12O4. The minimum absolute atomic E-state index is 0.112. The summed E-state index contributed by atoms with van der Waals surface area (Å²) < 4.78 is 10.2. The number of rotatable bonds is 2. The SMILES string of the molecule is CC(C)(C)Oc1ccc(C(=O)O)o1. The topological polar surface area (TPSA) is 59.7 Å². The maximum absolute atomic E-state index is 10.4. The summed E-state index contributed by atoms with van der Waals surface area (Å²) in [6, 6.07) is 2.86. The van der Waals surface area contributed by atoms with E-state index >= 15 is 0 Å². The van der Waals surface area contributed by atoms with Crippen molar-refractivity contribution in [2.45, 2.75) is 26.4 Å². The van der Waals surface area contributed by atoms with E-state index in [9.17, 15) is 4.79 Å². The predicted octanol–water partition coefficient (Wildman–Crippen LogP) is 2.16. The number of carboxylic acid groups (broad SMARTS) is 1. The van der Waals surface area contributed by atoms with Crippen molar-refractivity contribution in [3.63, 3.8) is 0 Å². The lowest BCUT2D eigenvalue weighted by Crippen LogP contribution is -2.22. The second-order valence-electron chi connectivity index (χ2n) is 3.64. The Kier molecular flexibility index (Phi) is 2.32. The quantitative estimate of drug-likeness (QED) is 0.765. The van der Waals surface area contributed by atoms with Gasteiger partial charge in [0.15, 0.2) is 0 Å². The molecule has 0 radical (unpaired) electrons. The van der Waals surface area contributed by atoms with Gasteiger partial charge in [-0.05, 0) is 26.8 Å². The smallest absolute Gasteiger partial charge is 0.371 e. The lowest BCUT2D eigenvalue weighted by molar-refractivity contribution is 0.0615. The van der Waals surface area contributed by atoms with Crippen molar-refractivity contribution >= 4 is 5.97 Å². The van der Waals surface area contributed by atoms with Crippen molar-refractivity contribution in [1.29, 1.82) is 0 Å². The van der Waals surface area contributed by atoms with E-state index in [2.05, 4.69) is 0 Å². The van der Waals surface area contributed by atoms with Crippen LogP contribution in [0.1, 0.15) is 31.3 Å². The number of aromatic carboxylic acids is 1. The maximum Gasteiger partial charge on any atom is 0.371 e. The molecule has 0 saturated carbocycles. The lowest BCUT2D eigenvalue weighted by Gasteiger charge is -2.18. The molecule has 1 N–H and O–H groups in total. The van der Waals surface area contributed by atoms with Crippen LogP contribution in [0.4, 0.5) is 0 Å². The van der Waals surface area contributed by atoms with E-state index < -0.39 is 5.97 Å². The molecule has 1 aromatic heterocycles. The van der Waals surface area contributed by atoms with E-state index in [1.807, 2.05) is 20.8 Å². The molecule has 0 aliphatic rings. The van der Waals surface area contributed by atoms with E-state index in [1.165, 1.54) is 12.1 Å². The van der Waals surface area contributed by atoms with E-state index in [0.717, 1.165) is 0 Å². The summed E-state index contributed by atoms with van der Waals surface area (Å²) in [5, 5.41) is 8.55. The molecule has 0 bridgehead atoms. The van der Waals surface area contributed by atoms with Gasteiger partial charge in [-0.15, -0.1) is 0 Å². The second-order valence-corrected chi connectivity index (χ2v) is 3.64. The summed E-state index contributed by atoms with van der Waals surface area (Å²) in [4.78, 5) is 10.4. The molecular weight excluding hydrogens is 172 g/mol. The fourth-order valence-corrected chi connectivity index (χ4v) is 0.792. The van der Waals surface area contributed by atoms with E-state index in [1.54, 1.807) is 0 Å². The van der Waals surface area contributed by atoms with Crippen LogP contribution in [-0.2, 0) is 0 Å². The van der Waals surface area contributed by atoms with Crippen LogP contribution in [0.2, 0.25) is 0 Å². The number of carbonyl (C=O) groups is 1. The first-order valence-corrected chi connectivity index (χ1v) is 3.90. The molecule has 0 atom stereocenters. The zero-order valence-electron chi connectivity index (χ0n) is 7.83. The molecule has 1 aromatic rings. The van der Waals surface area contributed by atoms with Gasteiger partial charge < -0.3 is 14.3 Å². The molecule has 0 aliphatic carbocycles.